The van der Waals surface area contributed by atoms with Crippen molar-refractivity contribution in [3.63, 3.8) is 0 Å². The molecule has 5 rings (SSSR count). The van der Waals surface area contributed by atoms with Crippen LogP contribution in [-0.2, 0) is 6.54 Å². The van der Waals surface area contributed by atoms with Gasteiger partial charge >= 0.3 is 11.2 Å². The van der Waals surface area contributed by atoms with Crippen LogP contribution >= 0.6 is 11.6 Å². The maximum Gasteiger partial charge on any atom is 0.334 e. The minimum atomic E-state index is -0.621. The number of imidazole rings is 1. The summed E-state index contributed by atoms with van der Waals surface area (Å²) in [6.07, 6.45) is 2.48. The predicted octanol–water partition coefficient (Wildman–Crippen LogP) is 1.70. The molecule has 5 heterocycles. The molecule has 0 unspecified atom stereocenters. The number of nitro groups is 1. The van der Waals surface area contributed by atoms with Crippen LogP contribution in [0, 0.1) is 16.0 Å². The average molecular weight is 388 g/mol. The zero-order chi connectivity index (χ0) is 18.7. The van der Waals surface area contributed by atoms with E-state index in [0.29, 0.717) is 31.1 Å². The van der Waals surface area contributed by atoms with E-state index in [0.717, 1.165) is 17.6 Å². The Labute approximate surface area is 157 Å². The molecule has 2 bridgehead atoms. The first-order valence-corrected chi connectivity index (χ1v) is 8.88. The Morgan fingerprint density at radius 2 is 2.11 bits per heavy atom. The number of nitrogens with one attached hydrogen (secondary N) is 1. The highest BCUT2D eigenvalue weighted by Gasteiger charge is 2.37. The van der Waals surface area contributed by atoms with Crippen molar-refractivity contribution in [3.8, 4) is 0 Å². The third kappa shape index (κ3) is 2.47. The number of nitrogens with zero attached hydrogens (tertiary/aromatic N) is 6. The maximum atomic E-state index is 12.5. The molecule has 0 amide bonds. The molecule has 1 fully saturated rings. The Hall–Kier alpha value is -3.01. The van der Waals surface area contributed by atoms with Crippen molar-refractivity contribution in [1.82, 2.24) is 24.5 Å². The number of halogens is 1. The number of pyridine rings is 1. The second-order valence-corrected chi connectivity index (χ2v) is 7.28. The quantitative estimate of drug-likeness (QED) is 0.403. The number of aromatic amines is 1. The molecule has 1 N–H and O–H groups in total. The molecule has 1 saturated heterocycles. The highest BCUT2D eigenvalue weighted by molar-refractivity contribution is 6.28. The number of aromatic nitrogens is 5. The lowest BCUT2D eigenvalue weighted by atomic mass is 9.83. The van der Waals surface area contributed by atoms with E-state index in [1.54, 1.807) is 17.0 Å². The fraction of sp³-hybridized carbons (Fsp3) is 0.375. The van der Waals surface area contributed by atoms with Crippen molar-refractivity contribution in [1.29, 1.82) is 0 Å². The molecule has 10 nitrogen and oxygen atoms in total. The number of H-pyrrole nitrogens is 1. The van der Waals surface area contributed by atoms with Gasteiger partial charge in [-0.25, -0.2) is 4.98 Å². The topological polar surface area (TPSA) is 123 Å². The SMILES string of the molecule is O=c1c([N+](=O)[O-])ccc2n1C[C@H]1C[C@H]2CN(c2nc(Cl)nc3nc[nH]c23)C1. The van der Waals surface area contributed by atoms with Crippen LogP contribution < -0.4 is 10.5 Å². The van der Waals surface area contributed by atoms with E-state index in [1.807, 2.05) is 0 Å². The van der Waals surface area contributed by atoms with E-state index < -0.39 is 10.5 Å². The molecule has 0 spiro atoms. The lowest BCUT2D eigenvalue weighted by Gasteiger charge is -2.43. The number of fused-ring (bicyclic) bond motifs is 5. The van der Waals surface area contributed by atoms with Crippen LogP contribution in [-0.4, -0.2) is 42.5 Å². The summed E-state index contributed by atoms with van der Waals surface area (Å²) in [5.74, 6) is 0.954. The van der Waals surface area contributed by atoms with Crippen molar-refractivity contribution >= 4 is 34.3 Å². The van der Waals surface area contributed by atoms with E-state index in [2.05, 4.69) is 24.8 Å². The zero-order valence-electron chi connectivity index (χ0n) is 14.0. The van der Waals surface area contributed by atoms with E-state index in [-0.39, 0.29) is 22.8 Å². The molecular formula is C16H14ClN7O3. The van der Waals surface area contributed by atoms with Crippen LogP contribution in [0.3, 0.4) is 0 Å². The van der Waals surface area contributed by atoms with Crippen molar-refractivity contribution < 1.29 is 4.92 Å². The Morgan fingerprint density at radius 3 is 2.93 bits per heavy atom. The number of anilines is 1. The van der Waals surface area contributed by atoms with Gasteiger partial charge in [0.25, 0.3) is 0 Å². The molecule has 2 atom stereocenters. The first-order chi connectivity index (χ1) is 13.0. The van der Waals surface area contributed by atoms with Crippen LogP contribution in [0.2, 0.25) is 5.28 Å². The van der Waals surface area contributed by atoms with Gasteiger partial charge in [0.2, 0.25) is 5.28 Å². The summed E-state index contributed by atoms with van der Waals surface area (Å²) in [5.41, 5.74) is 1.15. The van der Waals surface area contributed by atoms with Crippen LogP contribution in [0.4, 0.5) is 11.5 Å². The summed E-state index contributed by atoms with van der Waals surface area (Å²) in [4.78, 5) is 40.8. The molecule has 0 aliphatic carbocycles. The Kier molecular flexibility index (Phi) is 3.44. The first-order valence-electron chi connectivity index (χ1n) is 8.51. The van der Waals surface area contributed by atoms with Crippen LogP contribution in [0.5, 0.6) is 0 Å². The number of rotatable bonds is 2. The molecule has 27 heavy (non-hydrogen) atoms. The van der Waals surface area contributed by atoms with Crippen molar-refractivity contribution in [3.05, 3.63) is 49.9 Å². The maximum absolute atomic E-state index is 12.5. The minimum absolute atomic E-state index is 0.0812. The van der Waals surface area contributed by atoms with E-state index in [9.17, 15) is 14.9 Å². The summed E-state index contributed by atoms with van der Waals surface area (Å²) >= 11 is 6.06. The van der Waals surface area contributed by atoms with Gasteiger partial charge in [-0.2, -0.15) is 9.97 Å². The van der Waals surface area contributed by atoms with Gasteiger partial charge < -0.3 is 14.5 Å². The van der Waals surface area contributed by atoms with Gasteiger partial charge in [-0.3, -0.25) is 14.9 Å². The normalized spacial score (nSPS) is 21.3. The van der Waals surface area contributed by atoms with Crippen LogP contribution in [0.15, 0.2) is 23.3 Å². The monoisotopic (exact) mass is 387 g/mol. The molecule has 3 aromatic rings. The van der Waals surface area contributed by atoms with Crippen molar-refractivity contribution in [2.24, 2.45) is 5.92 Å². The van der Waals surface area contributed by atoms with Gasteiger partial charge in [0.1, 0.15) is 5.52 Å². The van der Waals surface area contributed by atoms with Crippen LogP contribution in [0.25, 0.3) is 11.2 Å². The standard InChI is InChI=1S/C16H14ClN7O3/c17-16-20-13-12(18-7-19-13)14(21-16)22-4-8-3-9(6-22)10-1-2-11(24(26)27)15(25)23(10)5-8/h1-2,7-9H,3-6H2,(H,18,19,20,21)/t8-,9-/m0/s1. The molecular weight excluding hydrogens is 374 g/mol. The largest absolute Gasteiger partial charge is 0.354 e. The fourth-order valence-corrected chi connectivity index (χ4v) is 4.43. The van der Waals surface area contributed by atoms with Gasteiger partial charge in [0, 0.05) is 37.3 Å². The molecule has 0 saturated carbocycles. The summed E-state index contributed by atoms with van der Waals surface area (Å²) in [7, 11) is 0. The van der Waals surface area contributed by atoms with Crippen molar-refractivity contribution in [2.45, 2.75) is 18.9 Å². The average Bonchev–Trinajstić information content (AvgIpc) is 3.09. The van der Waals surface area contributed by atoms with Gasteiger partial charge in [-0.1, -0.05) is 0 Å². The minimum Gasteiger partial charge on any atom is -0.354 e. The van der Waals surface area contributed by atoms with Gasteiger partial charge in [0.05, 0.1) is 11.3 Å². The second kappa shape index (κ2) is 5.74. The van der Waals surface area contributed by atoms with Crippen molar-refractivity contribution in [2.75, 3.05) is 18.0 Å². The summed E-state index contributed by atoms with van der Waals surface area (Å²) < 4.78 is 1.56. The highest BCUT2D eigenvalue weighted by Crippen LogP contribution is 2.38. The first kappa shape index (κ1) is 16.2. The number of piperidine rings is 1. The molecule has 2 aliphatic heterocycles. The summed E-state index contributed by atoms with van der Waals surface area (Å²) in [6, 6.07) is 3.00. The zero-order valence-corrected chi connectivity index (χ0v) is 14.8. The number of hydrogen-bond acceptors (Lipinski definition) is 7. The van der Waals surface area contributed by atoms with Gasteiger partial charge in [-0.05, 0) is 30.0 Å². The predicted molar refractivity (Wildman–Crippen MR) is 97.1 cm³/mol. The molecule has 3 aromatic heterocycles. The Bertz CT molecular complexity index is 1140. The van der Waals surface area contributed by atoms with Crippen LogP contribution in [0.1, 0.15) is 18.0 Å². The summed E-state index contributed by atoms with van der Waals surface area (Å²) in [6.45, 7) is 1.76. The highest BCUT2D eigenvalue weighted by atomic mass is 35.5. The van der Waals surface area contributed by atoms with E-state index >= 15 is 0 Å². The molecule has 11 heteroatoms. The molecule has 0 aromatic carbocycles. The van der Waals surface area contributed by atoms with E-state index in [4.69, 9.17) is 11.6 Å². The lowest BCUT2D eigenvalue weighted by Crippen LogP contribution is -2.47. The van der Waals surface area contributed by atoms with E-state index in [1.165, 1.54) is 6.07 Å². The Morgan fingerprint density at radius 1 is 1.26 bits per heavy atom. The molecule has 2 aliphatic rings. The molecule has 138 valence electrons. The third-order valence-corrected chi connectivity index (χ3v) is 5.49. The summed E-state index contributed by atoms with van der Waals surface area (Å²) in [5, 5.41) is 11.2. The second-order valence-electron chi connectivity index (χ2n) is 6.94. The number of hydrogen-bond donors (Lipinski definition) is 1. The van der Waals surface area contributed by atoms with Gasteiger partial charge in [0.15, 0.2) is 11.5 Å². The fourth-order valence-electron chi connectivity index (χ4n) is 4.27. The Balaban J connectivity index is 1.56. The van der Waals surface area contributed by atoms with Gasteiger partial charge in [-0.15, -0.1) is 0 Å². The lowest BCUT2D eigenvalue weighted by molar-refractivity contribution is -0.386. The smallest absolute Gasteiger partial charge is 0.334 e. The molecule has 0 radical (unpaired) electrons. The third-order valence-electron chi connectivity index (χ3n) is 5.32.